The van der Waals surface area contributed by atoms with E-state index in [1.807, 2.05) is 18.2 Å². The van der Waals surface area contributed by atoms with Crippen molar-refractivity contribution < 1.29 is 19.1 Å². The molecule has 0 bridgehead atoms. The highest BCUT2D eigenvalue weighted by molar-refractivity contribution is 6.30. The first-order valence-electron chi connectivity index (χ1n) is 8.37. The number of fused-ring (bicyclic) bond motifs is 1. The Morgan fingerprint density at radius 1 is 1.00 bits per heavy atom. The van der Waals surface area contributed by atoms with Crippen molar-refractivity contribution in [3.8, 4) is 11.5 Å². The highest BCUT2D eigenvalue weighted by Crippen LogP contribution is 2.47. The summed E-state index contributed by atoms with van der Waals surface area (Å²) in [6.07, 6.45) is 0.742. The van der Waals surface area contributed by atoms with Crippen molar-refractivity contribution in [1.29, 1.82) is 0 Å². The van der Waals surface area contributed by atoms with Crippen molar-refractivity contribution in [2.24, 2.45) is 5.92 Å². The van der Waals surface area contributed by atoms with Gasteiger partial charge in [0.1, 0.15) is 13.2 Å². The molecule has 134 valence electrons. The van der Waals surface area contributed by atoms with Crippen LogP contribution in [0.25, 0.3) is 0 Å². The predicted octanol–water partition coefficient (Wildman–Crippen LogP) is 2.68. The molecule has 0 aromatic heterocycles. The standard InChI is InChI=1S/C19H17ClN2O4/c20-13-3-1-2-11(8-13)14-10-15(14)19(24)22-21-18(23)12-4-5-16-17(9-12)26-7-6-25-16/h1-5,8-9,14-15H,6-7,10H2,(H,21,23)(H,22,24). The maximum Gasteiger partial charge on any atom is 0.269 e. The van der Waals surface area contributed by atoms with Crippen LogP contribution in [0.4, 0.5) is 0 Å². The molecule has 26 heavy (non-hydrogen) atoms. The lowest BCUT2D eigenvalue weighted by Crippen LogP contribution is -2.42. The van der Waals surface area contributed by atoms with Gasteiger partial charge in [-0.1, -0.05) is 23.7 Å². The summed E-state index contributed by atoms with van der Waals surface area (Å²) in [5, 5.41) is 0.653. The molecular formula is C19H17ClN2O4. The van der Waals surface area contributed by atoms with Crippen LogP contribution < -0.4 is 20.3 Å². The summed E-state index contributed by atoms with van der Waals surface area (Å²) >= 11 is 5.99. The summed E-state index contributed by atoms with van der Waals surface area (Å²) in [4.78, 5) is 24.5. The van der Waals surface area contributed by atoms with Crippen LogP contribution in [-0.4, -0.2) is 25.0 Å². The number of hydrazine groups is 1. The molecule has 2 unspecified atom stereocenters. The number of rotatable bonds is 3. The average Bonchev–Trinajstić information content (AvgIpc) is 3.46. The molecule has 1 aliphatic carbocycles. The van der Waals surface area contributed by atoms with E-state index in [4.69, 9.17) is 21.1 Å². The zero-order chi connectivity index (χ0) is 18.1. The molecule has 0 radical (unpaired) electrons. The minimum absolute atomic E-state index is 0.139. The molecule has 4 rings (SSSR count). The number of hydrogen-bond donors (Lipinski definition) is 2. The van der Waals surface area contributed by atoms with Gasteiger partial charge in [-0.2, -0.15) is 0 Å². The van der Waals surface area contributed by atoms with Crippen molar-refractivity contribution >= 4 is 23.4 Å². The number of carbonyl (C=O) groups excluding carboxylic acids is 2. The number of carbonyl (C=O) groups is 2. The minimum atomic E-state index is -0.407. The van der Waals surface area contributed by atoms with E-state index in [-0.39, 0.29) is 17.7 Å². The average molecular weight is 373 g/mol. The van der Waals surface area contributed by atoms with Crippen molar-refractivity contribution in [2.45, 2.75) is 12.3 Å². The van der Waals surface area contributed by atoms with Gasteiger partial charge in [0.2, 0.25) is 5.91 Å². The highest BCUT2D eigenvalue weighted by atomic mass is 35.5. The summed E-state index contributed by atoms with van der Waals surface area (Å²) in [5.74, 6) is 0.502. The van der Waals surface area contributed by atoms with Gasteiger partial charge in [-0.05, 0) is 48.2 Å². The van der Waals surface area contributed by atoms with Crippen molar-refractivity contribution in [1.82, 2.24) is 10.9 Å². The van der Waals surface area contributed by atoms with Crippen molar-refractivity contribution in [2.75, 3.05) is 13.2 Å². The Balaban J connectivity index is 1.33. The normalized spacial score (nSPS) is 20.2. The zero-order valence-electron chi connectivity index (χ0n) is 13.8. The third kappa shape index (κ3) is 3.46. The quantitative estimate of drug-likeness (QED) is 0.812. The van der Waals surface area contributed by atoms with Crippen LogP contribution in [0.2, 0.25) is 5.02 Å². The number of halogens is 1. The van der Waals surface area contributed by atoms with Crippen LogP contribution in [-0.2, 0) is 4.79 Å². The van der Waals surface area contributed by atoms with Gasteiger partial charge in [-0.25, -0.2) is 0 Å². The fourth-order valence-electron chi connectivity index (χ4n) is 3.06. The maximum atomic E-state index is 12.2. The second-order valence-corrected chi connectivity index (χ2v) is 6.74. The topological polar surface area (TPSA) is 76.7 Å². The first kappa shape index (κ1) is 16.7. The van der Waals surface area contributed by atoms with E-state index in [0.717, 1.165) is 12.0 Å². The zero-order valence-corrected chi connectivity index (χ0v) is 14.6. The largest absolute Gasteiger partial charge is 0.486 e. The van der Waals surface area contributed by atoms with E-state index in [2.05, 4.69) is 10.9 Å². The Labute approximate surface area is 155 Å². The molecule has 6 nitrogen and oxygen atoms in total. The van der Waals surface area contributed by atoms with Gasteiger partial charge < -0.3 is 9.47 Å². The van der Waals surface area contributed by atoms with Crippen LogP contribution in [0.1, 0.15) is 28.3 Å². The lowest BCUT2D eigenvalue weighted by molar-refractivity contribution is -0.123. The van der Waals surface area contributed by atoms with Crippen LogP contribution in [0.15, 0.2) is 42.5 Å². The molecule has 7 heteroatoms. The molecule has 1 saturated carbocycles. The predicted molar refractivity (Wildman–Crippen MR) is 95.3 cm³/mol. The third-order valence-electron chi connectivity index (χ3n) is 4.51. The fraction of sp³-hybridized carbons (Fsp3) is 0.263. The Kier molecular flexibility index (Phi) is 4.42. The molecule has 1 aliphatic heterocycles. The van der Waals surface area contributed by atoms with Gasteiger partial charge in [0, 0.05) is 16.5 Å². The molecule has 2 atom stereocenters. The summed E-state index contributed by atoms with van der Waals surface area (Å²) in [6.45, 7) is 0.936. The molecule has 1 fully saturated rings. The van der Waals surface area contributed by atoms with E-state index in [9.17, 15) is 9.59 Å². The molecular weight excluding hydrogens is 356 g/mol. The Bertz CT molecular complexity index is 870. The van der Waals surface area contributed by atoms with Gasteiger partial charge in [-0.15, -0.1) is 0 Å². The number of amides is 2. The lowest BCUT2D eigenvalue weighted by atomic mass is 10.1. The third-order valence-corrected chi connectivity index (χ3v) is 4.74. The second kappa shape index (κ2) is 6.88. The van der Waals surface area contributed by atoms with Crippen molar-refractivity contribution in [3.63, 3.8) is 0 Å². The van der Waals surface area contributed by atoms with Gasteiger partial charge in [-0.3, -0.25) is 20.4 Å². The molecule has 2 N–H and O–H groups in total. The van der Waals surface area contributed by atoms with Gasteiger partial charge in [0.15, 0.2) is 11.5 Å². The summed E-state index contributed by atoms with van der Waals surface area (Å²) in [5.41, 5.74) is 6.37. The SMILES string of the molecule is O=C(NNC(=O)C1CC1c1cccc(Cl)c1)c1ccc2c(c1)OCCO2. The molecule has 1 heterocycles. The maximum absolute atomic E-state index is 12.2. The van der Waals surface area contributed by atoms with E-state index >= 15 is 0 Å². The second-order valence-electron chi connectivity index (χ2n) is 6.31. The number of hydrogen-bond acceptors (Lipinski definition) is 4. The van der Waals surface area contributed by atoms with E-state index < -0.39 is 5.91 Å². The first-order valence-corrected chi connectivity index (χ1v) is 8.75. The van der Waals surface area contributed by atoms with E-state index in [0.29, 0.717) is 35.3 Å². The molecule has 2 aromatic rings. The van der Waals surface area contributed by atoms with Crippen LogP contribution >= 0.6 is 11.6 Å². The number of nitrogens with one attached hydrogen (secondary N) is 2. The monoisotopic (exact) mass is 372 g/mol. The lowest BCUT2D eigenvalue weighted by Gasteiger charge is -2.18. The molecule has 0 saturated heterocycles. The van der Waals surface area contributed by atoms with Crippen LogP contribution in [0.3, 0.4) is 0 Å². The summed E-state index contributed by atoms with van der Waals surface area (Å²) in [7, 11) is 0. The van der Waals surface area contributed by atoms with E-state index in [1.165, 1.54) is 0 Å². The Morgan fingerprint density at radius 3 is 2.62 bits per heavy atom. The summed E-state index contributed by atoms with van der Waals surface area (Å²) < 4.78 is 10.9. The van der Waals surface area contributed by atoms with Gasteiger partial charge >= 0.3 is 0 Å². The van der Waals surface area contributed by atoms with Crippen molar-refractivity contribution in [3.05, 3.63) is 58.6 Å². The van der Waals surface area contributed by atoms with Crippen LogP contribution in [0.5, 0.6) is 11.5 Å². The number of ether oxygens (including phenoxy) is 2. The molecule has 2 aromatic carbocycles. The van der Waals surface area contributed by atoms with Gasteiger partial charge in [0.05, 0.1) is 0 Å². The number of benzene rings is 2. The molecule has 0 spiro atoms. The minimum Gasteiger partial charge on any atom is -0.486 e. The molecule has 2 amide bonds. The van der Waals surface area contributed by atoms with Gasteiger partial charge in [0.25, 0.3) is 5.91 Å². The smallest absolute Gasteiger partial charge is 0.269 e. The first-order chi connectivity index (χ1) is 12.6. The Hall–Kier alpha value is -2.73. The summed E-state index contributed by atoms with van der Waals surface area (Å²) in [6, 6.07) is 12.4. The van der Waals surface area contributed by atoms with Crippen LogP contribution in [0, 0.1) is 5.92 Å². The molecule has 2 aliphatic rings. The Morgan fingerprint density at radius 2 is 1.81 bits per heavy atom. The van der Waals surface area contributed by atoms with E-state index in [1.54, 1.807) is 24.3 Å². The highest BCUT2D eigenvalue weighted by Gasteiger charge is 2.44. The fourth-order valence-corrected chi connectivity index (χ4v) is 3.26.